The van der Waals surface area contributed by atoms with E-state index < -0.39 is 4.92 Å². The molecule has 100 valence electrons. The molecule has 1 aromatic heterocycles. The Morgan fingerprint density at radius 2 is 2.37 bits per heavy atom. The average molecular weight is 300 g/mol. The van der Waals surface area contributed by atoms with Crippen molar-refractivity contribution in [2.75, 3.05) is 12.4 Å². The third kappa shape index (κ3) is 3.33. The van der Waals surface area contributed by atoms with E-state index in [0.29, 0.717) is 22.3 Å². The molecular formula is C11H10ClN3O3S. The minimum absolute atomic E-state index is 0.0398. The summed E-state index contributed by atoms with van der Waals surface area (Å²) in [4.78, 5) is 14.6. The number of benzene rings is 1. The van der Waals surface area contributed by atoms with E-state index in [4.69, 9.17) is 16.3 Å². The van der Waals surface area contributed by atoms with Gasteiger partial charge in [-0.1, -0.05) is 11.6 Å². The number of anilines is 1. The van der Waals surface area contributed by atoms with Crippen LogP contribution in [0.3, 0.4) is 0 Å². The molecule has 0 radical (unpaired) electrons. The van der Waals surface area contributed by atoms with E-state index in [2.05, 4.69) is 10.3 Å². The summed E-state index contributed by atoms with van der Waals surface area (Å²) in [5.74, 6) is 0.439. The zero-order valence-electron chi connectivity index (χ0n) is 9.92. The van der Waals surface area contributed by atoms with Crippen molar-refractivity contribution in [1.29, 1.82) is 0 Å². The second-order valence-electron chi connectivity index (χ2n) is 3.55. The summed E-state index contributed by atoms with van der Waals surface area (Å²) in [5.41, 5.74) is 0.374. The lowest BCUT2D eigenvalue weighted by molar-refractivity contribution is -0.384. The topological polar surface area (TPSA) is 77.3 Å². The van der Waals surface area contributed by atoms with Gasteiger partial charge in [-0.2, -0.15) is 0 Å². The van der Waals surface area contributed by atoms with Gasteiger partial charge in [0, 0.05) is 0 Å². The Balaban J connectivity index is 2.17. The van der Waals surface area contributed by atoms with Gasteiger partial charge in [0.25, 0.3) is 5.69 Å². The van der Waals surface area contributed by atoms with Crippen LogP contribution < -0.4 is 10.1 Å². The van der Waals surface area contributed by atoms with E-state index in [1.165, 1.54) is 24.5 Å². The Morgan fingerprint density at radius 3 is 2.95 bits per heavy atom. The second kappa shape index (κ2) is 5.85. The van der Waals surface area contributed by atoms with E-state index in [1.807, 2.05) is 0 Å². The molecule has 0 fully saturated rings. The lowest BCUT2D eigenvalue weighted by Gasteiger charge is -2.06. The molecule has 8 heteroatoms. The summed E-state index contributed by atoms with van der Waals surface area (Å²) in [6.45, 7) is 0.380. The number of nitrogens with one attached hydrogen (secondary N) is 1. The summed E-state index contributed by atoms with van der Waals surface area (Å²) in [7, 11) is 1.46. The first-order chi connectivity index (χ1) is 9.10. The minimum atomic E-state index is -0.459. The summed E-state index contributed by atoms with van der Waals surface area (Å²) in [5, 5.41) is 14.7. The summed E-state index contributed by atoms with van der Waals surface area (Å²) >= 11 is 7.09. The van der Waals surface area contributed by atoms with Crippen LogP contribution in [-0.2, 0) is 6.54 Å². The van der Waals surface area contributed by atoms with Crippen LogP contribution in [-0.4, -0.2) is 17.0 Å². The van der Waals surface area contributed by atoms with Gasteiger partial charge >= 0.3 is 0 Å². The monoisotopic (exact) mass is 299 g/mol. The smallest absolute Gasteiger partial charge is 0.296 e. The van der Waals surface area contributed by atoms with E-state index in [0.717, 1.165) is 5.01 Å². The number of hydrogen-bond acceptors (Lipinski definition) is 6. The van der Waals surface area contributed by atoms with E-state index in [1.54, 1.807) is 18.3 Å². The van der Waals surface area contributed by atoms with Gasteiger partial charge in [0.15, 0.2) is 0 Å². The van der Waals surface area contributed by atoms with E-state index >= 15 is 0 Å². The Hall–Kier alpha value is -1.86. The highest BCUT2D eigenvalue weighted by Crippen LogP contribution is 2.29. The molecule has 0 aliphatic heterocycles. The van der Waals surface area contributed by atoms with Crippen molar-refractivity contribution in [3.05, 3.63) is 43.9 Å². The SMILES string of the molecule is COc1ccc(NCc2ncc(Cl)s2)c([N+](=O)[O-])c1. The first kappa shape index (κ1) is 13.6. The largest absolute Gasteiger partial charge is 0.496 e. The highest BCUT2D eigenvalue weighted by atomic mass is 35.5. The fourth-order valence-corrected chi connectivity index (χ4v) is 2.38. The van der Waals surface area contributed by atoms with Crippen LogP contribution in [0.25, 0.3) is 0 Å². The highest BCUT2D eigenvalue weighted by molar-refractivity contribution is 7.15. The molecule has 0 saturated heterocycles. The number of nitro benzene ring substituents is 1. The third-order valence-electron chi connectivity index (χ3n) is 2.36. The van der Waals surface area contributed by atoms with Crippen molar-refractivity contribution >= 4 is 34.3 Å². The summed E-state index contributed by atoms with van der Waals surface area (Å²) in [6, 6.07) is 4.63. The number of ether oxygens (including phenoxy) is 1. The minimum Gasteiger partial charge on any atom is -0.496 e. The number of halogens is 1. The first-order valence-corrected chi connectivity index (χ1v) is 6.46. The molecule has 0 bridgehead atoms. The average Bonchev–Trinajstić information content (AvgIpc) is 2.82. The zero-order chi connectivity index (χ0) is 13.8. The number of hydrogen-bond donors (Lipinski definition) is 1. The molecule has 19 heavy (non-hydrogen) atoms. The Bertz CT molecular complexity index is 603. The molecule has 0 aliphatic rings. The normalized spacial score (nSPS) is 10.2. The number of thiazole rings is 1. The first-order valence-electron chi connectivity index (χ1n) is 5.26. The van der Waals surface area contributed by atoms with Crippen LogP contribution >= 0.6 is 22.9 Å². The maximum atomic E-state index is 11.0. The standard InChI is InChI=1S/C11H10ClN3O3S/c1-18-7-2-3-8(9(4-7)15(16)17)13-6-11-14-5-10(12)19-11/h2-5,13H,6H2,1H3. The van der Waals surface area contributed by atoms with Crippen LogP contribution in [0.4, 0.5) is 11.4 Å². The summed E-state index contributed by atoms with van der Waals surface area (Å²) in [6.07, 6.45) is 1.55. The van der Waals surface area contributed by atoms with Crippen molar-refractivity contribution in [2.45, 2.75) is 6.54 Å². The predicted molar refractivity (Wildman–Crippen MR) is 74.1 cm³/mol. The number of rotatable bonds is 5. The maximum absolute atomic E-state index is 11.0. The Kier molecular flexibility index (Phi) is 4.18. The van der Waals surface area contributed by atoms with Crippen molar-refractivity contribution < 1.29 is 9.66 Å². The Morgan fingerprint density at radius 1 is 1.58 bits per heavy atom. The molecular weight excluding hydrogens is 290 g/mol. The van der Waals surface area contributed by atoms with Gasteiger partial charge in [-0.05, 0) is 12.1 Å². The molecule has 0 unspecified atom stereocenters. The van der Waals surface area contributed by atoms with Crippen LogP contribution in [0.15, 0.2) is 24.4 Å². The fraction of sp³-hybridized carbons (Fsp3) is 0.182. The molecule has 2 rings (SSSR count). The van der Waals surface area contributed by atoms with Gasteiger partial charge in [-0.25, -0.2) is 4.98 Å². The maximum Gasteiger partial charge on any atom is 0.296 e. The van der Waals surface area contributed by atoms with Crippen LogP contribution in [0, 0.1) is 10.1 Å². The molecule has 1 N–H and O–H groups in total. The molecule has 0 spiro atoms. The molecule has 0 amide bonds. The van der Waals surface area contributed by atoms with Gasteiger partial charge in [0.05, 0.1) is 30.8 Å². The number of nitrogens with zero attached hydrogens (tertiary/aromatic N) is 2. The van der Waals surface area contributed by atoms with Crippen LogP contribution in [0.1, 0.15) is 5.01 Å². The number of aromatic nitrogens is 1. The van der Waals surface area contributed by atoms with Crippen molar-refractivity contribution in [3.63, 3.8) is 0 Å². The quantitative estimate of drug-likeness (QED) is 0.677. The van der Waals surface area contributed by atoms with Gasteiger partial charge in [-0.3, -0.25) is 10.1 Å². The van der Waals surface area contributed by atoms with Crippen LogP contribution in [0.2, 0.25) is 4.34 Å². The molecule has 1 aromatic carbocycles. The lowest BCUT2D eigenvalue weighted by Crippen LogP contribution is -2.02. The van der Waals surface area contributed by atoms with E-state index in [9.17, 15) is 10.1 Å². The van der Waals surface area contributed by atoms with Gasteiger partial charge in [0.2, 0.25) is 0 Å². The van der Waals surface area contributed by atoms with Crippen molar-refractivity contribution in [2.24, 2.45) is 0 Å². The molecule has 1 heterocycles. The van der Waals surface area contributed by atoms with Crippen molar-refractivity contribution in [1.82, 2.24) is 4.98 Å². The predicted octanol–water partition coefficient (Wildman–Crippen LogP) is 3.33. The zero-order valence-corrected chi connectivity index (χ0v) is 11.5. The molecule has 0 saturated carbocycles. The van der Waals surface area contributed by atoms with Gasteiger partial charge < -0.3 is 10.1 Å². The second-order valence-corrected chi connectivity index (χ2v) is 5.30. The van der Waals surface area contributed by atoms with Crippen molar-refractivity contribution in [3.8, 4) is 5.75 Å². The summed E-state index contributed by atoms with van der Waals surface area (Å²) < 4.78 is 5.55. The molecule has 6 nitrogen and oxygen atoms in total. The highest BCUT2D eigenvalue weighted by Gasteiger charge is 2.15. The fourth-order valence-electron chi connectivity index (χ4n) is 1.48. The van der Waals surface area contributed by atoms with Gasteiger partial charge in [-0.15, -0.1) is 11.3 Å². The number of nitro groups is 1. The lowest BCUT2D eigenvalue weighted by atomic mass is 10.2. The third-order valence-corrected chi connectivity index (χ3v) is 3.47. The molecule has 2 aromatic rings. The van der Waals surface area contributed by atoms with Gasteiger partial charge in [0.1, 0.15) is 20.8 Å². The molecule has 0 aliphatic carbocycles. The van der Waals surface area contributed by atoms with E-state index in [-0.39, 0.29) is 5.69 Å². The molecule has 0 atom stereocenters. The number of methoxy groups -OCH3 is 1. The van der Waals surface area contributed by atoms with Crippen LogP contribution in [0.5, 0.6) is 5.75 Å². The Labute approximate surface area is 118 Å².